The van der Waals surface area contributed by atoms with Crippen molar-refractivity contribution in [2.75, 3.05) is 20.7 Å². The lowest BCUT2D eigenvalue weighted by Crippen LogP contribution is -2.37. The predicted octanol–water partition coefficient (Wildman–Crippen LogP) is 3.33. The van der Waals surface area contributed by atoms with Gasteiger partial charge in [-0.3, -0.25) is 4.90 Å². The average Bonchev–Trinajstić information content (AvgIpc) is 2.67. The summed E-state index contributed by atoms with van der Waals surface area (Å²) in [4.78, 5) is 2.41. The molecule has 2 aromatic rings. The fraction of sp³-hybridized carbons (Fsp3) is 0.444. The number of likely N-dealkylation sites (N-methyl/N-ethyl adjacent to an activating group) is 1. The van der Waals surface area contributed by atoms with E-state index in [1.807, 2.05) is 0 Å². The molecule has 1 fully saturated rings. The maximum absolute atomic E-state index is 6.49. The number of likely N-dealkylation sites (tertiary alicyclic amines) is 1. The van der Waals surface area contributed by atoms with Crippen LogP contribution in [0.3, 0.4) is 0 Å². The van der Waals surface area contributed by atoms with Gasteiger partial charge in [0, 0.05) is 11.4 Å². The molecule has 2 aromatic carbocycles. The number of hydrogen-bond donors (Lipinski definition) is 1. The number of nitrogens with two attached hydrogens (primary N) is 1. The fourth-order valence-electron chi connectivity index (χ4n) is 3.56. The van der Waals surface area contributed by atoms with Crippen molar-refractivity contribution in [3.8, 4) is 5.75 Å². The number of methoxy groups -OCH3 is 1. The van der Waals surface area contributed by atoms with E-state index in [1.165, 1.54) is 29.2 Å². The maximum atomic E-state index is 6.49. The van der Waals surface area contributed by atoms with E-state index in [0.29, 0.717) is 0 Å². The van der Waals surface area contributed by atoms with Gasteiger partial charge < -0.3 is 10.5 Å². The Balaban J connectivity index is 2.15. The molecule has 112 valence electrons. The molecule has 0 saturated carbocycles. The lowest BCUT2D eigenvalue weighted by Gasteiger charge is -2.31. The molecule has 3 rings (SSSR count). The molecule has 1 heterocycles. The topological polar surface area (TPSA) is 38.5 Å². The lowest BCUT2D eigenvalue weighted by molar-refractivity contribution is 0.231. The van der Waals surface area contributed by atoms with E-state index in [9.17, 15) is 0 Å². The Morgan fingerprint density at radius 2 is 1.86 bits per heavy atom. The van der Waals surface area contributed by atoms with E-state index < -0.39 is 0 Å². The highest BCUT2D eigenvalue weighted by Crippen LogP contribution is 2.36. The first kappa shape index (κ1) is 14.4. The Morgan fingerprint density at radius 1 is 1.10 bits per heavy atom. The van der Waals surface area contributed by atoms with Gasteiger partial charge in [0.15, 0.2) is 0 Å². The van der Waals surface area contributed by atoms with E-state index in [1.54, 1.807) is 7.11 Å². The van der Waals surface area contributed by atoms with Crippen LogP contribution in [0.25, 0.3) is 10.8 Å². The van der Waals surface area contributed by atoms with E-state index in [0.717, 1.165) is 18.7 Å². The van der Waals surface area contributed by atoms with Crippen LogP contribution in [0.2, 0.25) is 0 Å². The van der Waals surface area contributed by atoms with E-state index in [2.05, 4.69) is 48.3 Å². The summed E-state index contributed by atoms with van der Waals surface area (Å²) in [7, 11) is 3.92. The summed E-state index contributed by atoms with van der Waals surface area (Å²) in [5, 5.41) is 2.42. The molecule has 2 N–H and O–H groups in total. The zero-order valence-corrected chi connectivity index (χ0v) is 12.9. The van der Waals surface area contributed by atoms with Crippen LogP contribution in [0.15, 0.2) is 36.4 Å². The molecule has 0 spiro atoms. The van der Waals surface area contributed by atoms with Crippen molar-refractivity contribution < 1.29 is 4.74 Å². The second kappa shape index (κ2) is 6.04. The molecule has 3 heteroatoms. The van der Waals surface area contributed by atoms with Gasteiger partial charge in [-0.2, -0.15) is 0 Å². The van der Waals surface area contributed by atoms with Crippen molar-refractivity contribution in [2.45, 2.75) is 31.3 Å². The van der Waals surface area contributed by atoms with E-state index >= 15 is 0 Å². The Kier molecular flexibility index (Phi) is 4.13. The molecule has 1 saturated heterocycles. The zero-order valence-electron chi connectivity index (χ0n) is 12.9. The minimum absolute atomic E-state index is 0.189. The van der Waals surface area contributed by atoms with Gasteiger partial charge in [-0.15, -0.1) is 0 Å². The smallest absolute Gasteiger partial charge is 0.126 e. The van der Waals surface area contributed by atoms with E-state index in [-0.39, 0.29) is 12.1 Å². The number of hydrogen-bond acceptors (Lipinski definition) is 3. The molecule has 21 heavy (non-hydrogen) atoms. The number of ether oxygens (including phenoxy) is 1. The molecular formula is C18H24N2O. The molecule has 0 radical (unpaired) electrons. The number of benzene rings is 2. The largest absolute Gasteiger partial charge is 0.496 e. The van der Waals surface area contributed by atoms with Crippen LogP contribution in [-0.4, -0.2) is 31.6 Å². The third kappa shape index (κ3) is 2.63. The second-order valence-corrected chi connectivity index (χ2v) is 5.99. The molecule has 0 aliphatic carbocycles. The van der Waals surface area contributed by atoms with Crippen LogP contribution in [0.1, 0.15) is 30.9 Å². The highest BCUT2D eigenvalue weighted by molar-refractivity contribution is 5.91. The Bertz CT molecular complexity index is 614. The van der Waals surface area contributed by atoms with E-state index in [4.69, 9.17) is 10.5 Å². The summed E-state index contributed by atoms with van der Waals surface area (Å²) in [6, 6.07) is 13.2. The Hall–Kier alpha value is -1.58. The maximum Gasteiger partial charge on any atom is 0.126 e. The quantitative estimate of drug-likeness (QED) is 0.919. The van der Waals surface area contributed by atoms with Crippen molar-refractivity contribution in [1.82, 2.24) is 4.90 Å². The molecular weight excluding hydrogens is 260 g/mol. The summed E-state index contributed by atoms with van der Waals surface area (Å²) in [6.45, 7) is 1.11. The van der Waals surface area contributed by atoms with Gasteiger partial charge >= 0.3 is 0 Å². The van der Waals surface area contributed by atoms with Gasteiger partial charge in [0.1, 0.15) is 5.75 Å². The standard InChI is InChI=1S/C18H24N2O/c1-20-12-6-5-9-16(19)18(20)15-10-11-17(21-2)14-8-4-3-7-13(14)15/h3-4,7-8,10-11,16,18H,5-6,9,12,19H2,1-2H3. The molecule has 0 amide bonds. The van der Waals surface area contributed by atoms with Crippen LogP contribution >= 0.6 is 0 Å². The molecule has 1 aliphatic heterocycles. The van der Waals surface area contributed by atoms with Gasteiger partial charge in [-0.25, -0.2) is 0 Å². The summed E-state index contributed by atoms with van der Waals surface area (Å²) in [6.07, 6.45) is 3.54. The second-order valence-electron chi connectivity index (χ2n) is 5.99. The number of fused-ring (bicyclic) bond motifs is 1. The minimum atomic E-state index is 0.189. The molecule has 3 nitrogen and oxygen atoms in total. The third-order valence-electron chi connectivity index (χ3n) is 4.64. The fourth-order valence-corrected chi connectivity index (χ4v) is 3.56. The number of nitrogens with zero attached hydrogens (tertiary/aromatic N) is 1. The first-order chi connectivity index (χ1) is 10.2. The average molecular weight is 284 g/mol. The summed E-state index contributed by atoms with van der Waals surface area (Å²) in [5.74, 6) is 0.930. The van der Waals surface area contributed by atoms with Gasteiger partial charge in [-0.05, 0) is 43.5 Å². The van der Waals surface area contributed by atoms with Crippen LogP contribution < -0.4 is 10.5 Å². The van der Waals surface area contributed by atoms with Crippen LogP contribution in [0.5, 0.6) is 5.75 Å². The molecule has 0 bridgehead atoms. The van der Waals surface area contributed by atoms with Crippen molar-refractivity contribution >= 4 is 10.8 Å². The van der Waals surface area contributed by atoms with Gasteiger partial charge in [0.05, 0.1) is 13.2 Å². The lowest BCUT2D eigenvalue weighted by atomic mass is 9.92. The highest BCUT2D eigenvalue weighted by Gasteiger charge is 2.27. The van der Waals surface area contributed by atoms with Crippen molar-refractivity contribution in [3.05, 3.63) is 42.0 Å². The van der Waals surface area contributed by atoms with Crippen molar-refractivity contribution in [1.29, 1.82) is 0 Å². The predicted molar refractivity (Wildman–Crippen MR) is 87.7 cm³/mol. The van der Waals surface area contributed by atoms with Crippen LogP contribution in [-0.2, 0) is 0 Å². The summed E-state index contributed by atoms with van der Waals surface area (Å²) >= 11 is 0. The third-order valence-corrected chi connectivity index (χ3v) is 4.64. The van der Waals surface area contributed by atoms with Crippen LogP contribution in [0.4, 0.5) is 0 Å². The summed E-state index contributed by atoms with van der Waals surface area (Å²) < 4.78 is 5.50. The minimum Gasteiger partial charge on any atom is -0.496 e. The monoisotopic (exact) mass is 284 g/mol. The van der Waals surface area contributed by atoms with Gasteiger partial charge in [0.2, 0.25) is 0 Å². The Labute approximate surface area is 126 Å². The first-order valence-electron chi connectivity index (χ1n) is 7.74. The Morgan fingerprint density at radius 3 is 2.62 bits per heavy atom. The van der Waals surface area contributed by atoms with Crippen molar-refractivity contribution in [2.24, 2.45) is 5.73 Å². The van der Waals surface area contributed by atoms with Gasteiger partial charge in [-0.1, -0.05) is 36.8 Å². The van der Waals surface area contributed by atoms with Crippen molar-refractivity contribution in [3.63, 3.8) is 0 Å². The van der Waals surface area contributed by atoms with Gasteiger partial charge in [0.25, 0.3) is 0 Å². The molecule has 2 atom stereocenters. The zero-order chi connectivity index (χ0) is 14.8. The SMILES string of the molecule is COc1ccc(C2C(N)CCCCN2C)c2ccccc12. The molecule has 1 aliphatic rings. The first-order valence-corrected chi connectivity index (χ1v) is 7.74. The highest BCUT2D eigenvalue weighted by atomic mass is 16.5. The normalized spacial score (nSPS) is 24.0. The number of rotatable bonds is 2. The summed E-state index contributed by atoms with van der Waals surface area (Å²) in [5.41, 5.74) is 7.81. The molecule has 2 unspecified atom stereocenters. The molecule has 0 aromatic heterocycles. The van der Waals surface area contributed by atoms with Crippen LogP contribution in [0, 0.1) is 0 Å².